The number of amides is 2. The van der Waals surface area contributed by atoms with Gasteiger partial charge in [-0.25, -0.2) is 4.68 Å². The third-order valence-corrected chi connectivity index (χ3v) is 9.68. The first-order chi connectivity index (χ1) is 17.9. The number of rotatable bonds is 5. The number of hydrogen-bond acceptors (Lipinski definition) is 8. The van der Waals surface area contributed by atoms with E-state index in [0.717, 1.165) is 11.0 Å². The number of likely N-dealkylation sites (tertiary alicyclic amines) is 1. The molecule has 37 heavy (non-hydrogen) atoms. The van der Waals surface area contributed by atoms with Gasteiger partial charge in [-0.05, 0) is 31.9 Å². The number of carbonyl (C=O) groups is 3. The normalized spacial score (nSPS) is 33.1. The van der Waals surface area contributed by atoms with Crippen molar-refractivity contribution in [1.29, 1.82) is 0 Å². The predicted octanol–water partition coefficient (Wildman–Crippen LogP) is 1.36. The highest BCUT2D eigenvalue weighted by Gasteiger charge is 2.73. The molecular formula is C26H29N5O5S. The standard InChI is InChI=1S/C26H29N5O5S/c1-25-10-4-5-15-36-24(35)20(25)19-22(33)30(13-7-14-32)21-23(34)29(12-6-11-26(19,21)37-25)16-31-18-9-3-2-8-17(18)27-28-31/h2-4,6,8-11,19-21,32H,5,7,12-16H2,1H3/t19-,20-,21?,25+,26-/m0/s1. The summed E-state index contributed by atoms with van der Waals surface area (Å²) in [6, 6.07) is 6.73. The molecule has 5 heterocycles. The van der Waals surface area contributed by atoms with Gasteiger partial charge in [-0.2, -0.15) is 0 Å². The van der Waals surface area contributed by atoms with Gasteiger partial charge in [-0.1, -0.05) is 41.7 Å². The van der Waals surface area contributed by atoms with E-state index in [9.17, 15) is 19.5 Å². The van der Waals surface area contributed by atoms with Gasteiger partial charge in [-0.3, -0.25) is 14.4 Å². The maximum absolute atomic E-state index is 14.3. The molecule has 0 saturated carbocycles. The fourth-order valence-corrected chi connectivity index (χ4v) is 8.48. The van der Waals surface area contributed by atoms with Crippen LogP contribution in [0.1, 0.15) is 19.8 Å². The highest BCUT2D eigenvalue weighted by atomic mass is 32.2. The van der Waals surface area contributed by atoms with Crippen molar-refractivity contribution in [2.24, 2.45) is 11.8 Å². The molecule has 2 saturated heterocycles. The topological polar surface area (TPSA) is 118 Å². The number of aromatic nitrogens is 3. The van der Waals surface area contributed by atoms with E-state index in [1.165, 1.54) is 11.8 Å². The summed E-state index contributed by atoms with van der Waals surface area (Å²) in [6.07, 6.45) is 8.86. The number of aliphatic hydroxyl groups excluding tert-OH is 1. The Labute approximate surface area is 218 Å². The van der Waals surface area contributed by atoms with Crippen LogP contribution in [0, 0.1) is 11.8 Å². The molecule has 1 spiro atoms. The van der Waals surface area contributed by atoms with Crippen molar-refractivity contribution in [3.8, 4) is 0 Å². The van der Waals surface area contributed by atoms with Crippen LogP contribution in [0.3, 0.4) is 0 Å². The second-order valence-corrected chi connectivity index (χ2v) is 11.9. The van der Waals surface area contributed by atoms with Gasteiger partial charge in [0.15, 0.2) is 0 Å². The molecule has 0 aliphatic carbocycles. The van der Waals surface area contributed by atoms with E-state index in [-0.39, 0.29) is 38.2 Å². The maximum atomic E-state index is 14.3. The molecule has 4 aliphatic rings. The smallest absolute Gasteiger partial charge is 0.311 e. The molecule has 5 atom stereocenters. The lowest BCUT2D eigenvalue weighted by molar-refractivity contribution is -0.154. The fraction of sp³-hybridized carbons (Fsp3) is 0.500. The van der Waals surface area contributed by atoms with Crippen molar-refractivity contribution >= 4 is 40.6 Å². The molecule has 1 unspecified atom stereocenters. The van der Waals surface area contributed by atoms with E-state index in [1.54, 1.807) is 14.5 Å². The summed E-state index contributed by atoms with van der Waals surface area (Å²) in [5, 5.41) is 18.0. The Morgan fingerprint density at radius 2 is 1.97 bits per heavy atom. The lowest BCUT2D eigenvalue weighted by Gasteiger charge is -2.37. The third kappa shape index (κ3) is 3.62. The second kappa shape index (κ2) is 8.98. The van der Waals surface area contributed by atoms with E-state index in [4.69, 9.17) is 4.74 Å². The number of ether oxygens (including phenoxy) is 1. The first kappa shape index (κ1) is 24.2. The van der Waals surface area contributed by atoms with Gasteiger partial charge >= 0.3 is 5.97 Å². The number of carbonyl (C=O) groups excluding carboxylic acids is 3. The molecule has 1 aromatic heterocycles. The maximum Gasteiger partial charge on any atom is 0.311 e. The molecule has 194 valence electrons. The number of benzene rings is 1. The van der Waals surface area contributed by atoms with Crippen LogP contribution >= 0.6 is 11.8 Å². The van der Waals surface area contributed by atoms with Crippen LogP contribution < -0.4 is 0 Å². The fourth-order valence-electron chi connectivity index (χ4n) is 6.33. The van der Waals surface area contributed by atoms with E-state index in [1.807, 2.05) is 55.5 Å². The minimum Gasteiger partial charge on any atom is -0.465 e. The molecule has 6 rings (SSSR count). The molecule has 11 heteroatoms. The van der Waals surface area contributed by atoms with Gasteiger partial charge in [0.2, 0.25) is 11.8 Å². The minimum absolute atomic E-state index is 0.105. The van der Waals surface area contributed by atoms with E-state index >= 15 is 0 Å². The number of para-hydroxylation sites is 1. The molecule has 1 aromatic carbocycles. The molecule has 2 fully saturated rings. The van der Waals surface area contributed by atoms with Crippen molar-refractivity contribution in [1.82, 2.24) is 24.8 Å². The van der Waals surface area contributed by atoms with Crippen molar-refractivity contribution < 1.29 is 24.2 Å². The molecule has 0 radical (unpaired) electrons. The number of cyclic esters (lactones) is 1. The molecule has 10 nitrogen and oxygen atoms in total. The lowest BCUT2D eigenvalue weighted by atomic mass is 9.74. The molecule has 2 aromatic rings. The SMILES string of the molecule is C[C@@]12C=CCCOC(=O)[C@@H]1[C@H]1C(=O)N(CCCO)C3C(=O)N(Cn4nnc5ccccc54)CC=C[C@@]31S2. The van der Waals surface area contributed by atoms with Crippen LogP contribution in [-0.4, -0.2) is 89.5 Å². The molecular weight excluding hydrogens is 494 g/mol. The quantitative estimate of drug-likeness (QED) is 0.461. The summed E-state index contributed by atoms with van der Waals surface area (Å²) >= 11 is 1.51. The molecule has 0 bridgehead atoms. The zero-order valence-corrected chi connectivity index (χ0v) is 21.3. The number of aliphatic hydroxyl groups is 1. The second-order valence-electron chi connectivity index (χ2n) is 10.1. The van der Waals surface area contributed by atoms with Gasteiger partial charge in [0.05, 0.1) is 28.7 Å². The Kier molecular flexibility index (Phi) is 5.87. The Hall–Kier alpha value is -3.18. The van der Waals surface area contributed by atoms with Gasteiger partial charge in [0, 0.05) is 24.4 Å². The van der Waals surface area contributed by atoms with Crippen molar-refractivity contribution in [2.75, 3.05) is 26.3 Å². The Morgan fingerprint density at radius 3 is 2.81 bits per heavy atom. The summed E-state index contributed by atoms with van der Waals surface area (Å²) in [5.74, 6) is -2.30. The van der Waals surface area contributed by atoms with Crippen molar-refractivity contribution in [3.63, 3.8) is 0 Å². The highest BCUT2D eigenvalue weighted by Crippen LogP contribution is 2.65. The van der Waals surface area contributed by atoms with Crippen molar-refractivity contribution in [2.45, 2.75) is 42.0 Å². The number of fused-ring (bicyclic) bond motifs is 3. The summed E-state index contributed by atoms with van der Waals surface area (Å²) in [5.41, 5.74) is 1.54. The number of thioether (sulfide) groups is 1. The van der Waals surface area contributed by atoms with Gasteiger partial charge in [0.25, 0.3) is 0 Å². The first-order valence-corrected chi connectivity index (χ1v) is 13.4. The van der Waals surface area contributed by atoms with Crippen LogP contribution in [0.2, 0.25) is 0 Å². The van der Waals surface area contributed by atoms with Gasteiger partial charge < -0.3 is 19.6 Å². The largest absolute Gasteiger partial charge is 0.465 e. The Bertz CT molecular complexity index is 1330. The third-order valence-electron chi connectivity index (χ3n) is 7.89. The first-order valence-electron chi connectivity index (χ1n) is 12.6. The molecule has 1 N–H and O–H groups in total. The monoisotopic (exact) mass is 523 g/mol. The average molecular weight is 524 g/mol. The van der Waals surface area contributed by atoms with E-state index < -0.39 is 33.3 Å². The zero-order valence-electron chi connectivity index (χ0n) is 20.5. The van der Waals surface area contributed by atoms with Crippen LogP contribution in [0.4, 0.5) is 0 Å². The van der Waals surface area contributed by atoms with Crippen LogP contribution in [0.5, 0.6) is 0 Å². The molecule has 4 aliphatic heterocycles. The van der Waals surface area contributed by atoms with Crippen LogP contribution in [0.15, 0.2) is 48.6 Å². The summed E-state index contributed by atoms with van der Waals surface area (Å²) in [4.78, 5) is 44.8. The summed E-state index contributed by atoms with van der Waals surface area (Å²) in [6.45, 7) is 2.87. The van der Waals surface area contributed by atoms with Gasteiger partial charge in [-0.15, -0.1) is 16.9 Å². The number of esters is 1. The number of nitrogens with zero attached hydrogens (tertiary/aromatic N) is 5. The highest BCUT2D eigenvalue weighted by molar-refractivity contribution is 8.02. The molecule has 2 amide bonds. The summed E-state index contributed by atoms with van der Waals surface area (Å²) in [7, 11) is 0. The minimum atomic E-state index is -0.935. The van der Waals surface area contributed by atoms with E-state index in [2.05, 4.69) is 10.3 Å². The van der Waals surface area contributed by atoms with Crippen molar-refractivity contribution in [3.05, 3.63) is 48.6 Å². The average Bonchev–Trinajstić information content (AvgIpc) is 3.43. The zero-order chi connectivity index (χ0) is 25.8. The van der Waals surface area contributed by atoms with Gasteiger partial charge in [0.1, 0.15) is 18.2 Å². The van der Waals surface area contributed by atoms with Crippen LogP contribution in [-0.2, 0) is 25.8 Å². The Balaban J connectivity index is 1.42. The Morgan fingerprint density at radius 1 is 1.14 bits per heavy atom. The predicted molar refractivity (Wildman–Crippen MR) is 136 cm³/mol. The number of hydrogen-bond donors (Lipinski definition) is 1. The summed E-state index contributed by atoms with van der Waals surface area (Å²) < 4.78 is 5.60. The lowest BCUT2D eigenvalue weighted by Crippen LogP contribution is -2.53. The van der Waals surface area contributed by atoms with Crippen LogP contribution in [0.25, 0.3) is 11.0 Å². The van der Waals surface area contributed by atoms with E-state index in [0.29, 0.717) is 19.4 Å².